The number of unbranched alkanes of at least 4 members (excludes halogenated alkanes) is 21. The molecule has 0 fully saturated rings. The van der Waals surface area contributed by atoms with E-state index in [1.54, 1.807) is 0 Å². The third-order valence-electron chi connectivity index (χ3n) is 7.37. The summed E-state index contributed by atoms with van der Waals surface area (Å²) in [5, 5.41) is 22.8. The molecule has 0 heterocycles. The van der Waals surface area contributed by atoms with Crippen molar-refractivity contribution in [3.63, 3.8) is 0 Å². The predicted molar refractivity (Wildman–Crippen MR) is 152 cm³/mol. The summed E-state index contributed by atoms with van der Waals surface area (Å²) in [4.78, 5) is 12.2. The van der Waals surface area contributed by atoms with Crippen LogP contribution >= 0.6 is 0 Å². The molecule has 0 aliphatic rings. The molecule has 0 aromatic carbocycles. The summed E-state index contributed by atoms with van der Waals surface area (Å²) < 4.78 is 0. The molecule has 0 rings (SSSR count). The second-order valence-corrected chi connectivity index (χ2v) is 10.9. The molecule has 210 valence electrons. The van der Waals surface area contributed by atoms with E-state index in [2.05, 4.69) is 19.2 Å². The first-order chi connectivity index (χ1) is 17.2. The summed E-state index contributed by atoms with van der Waals surface area (Å²) in [6.45, 7) is 4.31. The minimum absolute atomic E-state index is 0.0342. The molecule has 4 heteroatoms. The second kappa shape index (κ2) is 28.0. The fourth-order valence-electron chi connectivity index (χ4n) is 4.89. The Morgan fingerprint density at radius 1 is 0.571 bits per heavy atom. The summed E-state index contributed by atoms with van der Waals surface area (Å²) in [6, 6.07) is -0.524. The van der Waals surface area contributed by atoms with Crippen molar-refractivity contribution in [3.05, 3.63) is 0 Å². The van der Waals surface area contributed by atoms with Gasteiger partial charge in [-0.25, -0.2) is 0 Å². The SMILES string of the molecule is CCCCCCCCCCCCCCCCCCC(=O)NC(CO)C(O)CCCCCCCCC. The minimum Gasteiger partial charge on any atom is -0.394 e. The van der Waals surface area contributed by atoms with Crippen molar-refractivity contribution < 1.29 is 15.0 Å². The predicted octanol–water partition coefficient (Wildman–Crippen LogP) is 8.62. The Bertz CT molecular complexity index is 429. The van der Waals surface area contributed by atoms with Crippen LogP contribution in [0.3, 0.4) is 0 Å². The van der Waals surface area contributed by atoms with Gasteiger partial charge in [-0.2, -0.15) is 0 Å². The van der Waals surface area contributed by atoms with E-state index >= 15 is 0 Å². The van der Waals surface area contributed by atoms with Crippen LogP contribution in [-0.4, -0.2) is 34.9 Å². The van der Waals surface area contributed by atoms with Gasteiger partial charge in [-0.05, 0) is 12.8 Å². The highest BCUT2D eigenvalue weighted by atomic mass is 16.3. The van der Waals surface area contributed by atoms with E-state index < -0.39 is 12.1 Å². The lowest BCUT2D eigenvalue weighted by Gasteiger charge is -2.22. The van der Waals surface area contributed by atoms with Gasteiger partial charge in [0.15, 0.2) is 0 Å². The fourth-order valence-corrected chi connectivity index (χ4v) is 4.89. The highest BCUT2D eigenvalue weighted by Gasteiger charge is 2.19. The quantitative estimate of drug-likeness (QED) is 0.0947. The lowest BCUT2D eigenvalue weighted by molar-refractivity contribution is -0.123. The number of hydrogen-bond acceptors (Lipinski definition) is 3. The van der Waals surface area contributed by atoms with Crippen molar-refractivity contribution in [3.8, 4) is 0 Å². The van der Waals surface area contributed by atoms with E-state index in [9.17, 15) is 15.0 Å². The number of carbonyl (C=O) groups is 1. The van der Waals surface area contributed by atoms with Crippen molar-refractivity contribution >= 4 is 5.91 Å². The monoisotopic (exact) mass is 497 g/mol. The molecule has 2 unspecified atom stereocenters. The molecule has 0 aliphatic carbocycles. The van der Waals surface area contributed by atoms with Crippen molar-refractivity contribution in [2.24, 2.45) is 0 Å². The maximum atomic E-state index is 12.2. The van der Waals surface area contributed by atoms with Gasteiger partial charge in [-0.1, -0.05) is 155 Å². The summed E-state index contributed by atoms with van der Waals surface area (Å²) in [5.41, 5.74) is 0. The van der Waals surface area contributed by atoms with Gasteiger partial charge in [0.1, 0.15) is 0 Å². The number of aliphatic hydroxyl groups excluding tert-OH is 2. The van der Waals surface area contributed by atoms with Crippen LogP contribution in [0.1, 0.15) is 174 Å². The van der Waals surface area contributed by atoms with Gasteiger partial charge >= 0.3 is 0 Å². The normalized spacial score (nSPS) is 13.1. The third-order valence-corrected chi connectivity index (χ3v) is 7.37. The highest BCUT2D eigenvalue weighted by Crippen LogP contribution is 2.15. The molecule has 4 nitrogen and oxygen atoms in total. The average molecular weight is 498 g/mol. The zero-order valence-electron chi connectivity index (χ0n) is 23.8. The number of nitrogens with one attached hydrogen (secondary N) is 1. The average Bonchev–Trinajstić information content (AvgIpc) is 2.86. The van der Waals surface area contributed by atoms with Crippen LogP contribution in [0.5, 0.6) is 0 Å². The Morgan fingerprint density at radius 2 is 0.914 bits per heavy atom. The van der Waals surface area contributed by atoms with Crippen LogP contribution in [0.15, 0.2) is 0 Å². The van der Waals surface area contributed by atoms with Gasteiger partial charge in [0.05, 0.1) is 18.8 Å². The molecule has 3 N–H and O–H groups in total. The second-order valence-electron chi connectivity index (χ2n) is 10.9. The smallest absolute Gasteiger partial charge is 0.220 e. The van der Waals surface area contributed by atoms with Crippen LogP contribution < -0.4 is 5.32 Å². The molecule has 2 atom stereocenters. The summed E-state index contributed by atoms with van der Waals surface area (Å²) in [5.74, 6) is -0.0342. The maximum absolute atomic E-state index is 12.2. The van der Waals surface area contributed by atoms with Gasteiger partial charge < -0.3 is 15.5 Å². The molecule has 35 heavy (non-hydrogen) atoms. The molecule has 0 saturated carbocycles. The van der Waals surface area contributed by atoms with Gasteiger partial charge in [-0.15, -0.1) is 0 Å². The molecule has 0 radical (unpaired) electrons. The lowest BCUT2D eigenvalue weighted by Crippen LogP contribution is -2.45. The Hall–Kier alpha value is -0.610. The fraction of sp³-hybridized carbons (Fsp3) is 0.968. The molecule has 0 bridgehead atoms. The zero-order valence-corrected chi connectivity index (χ0v) is 23.8. The van der Waals surface area contributed by atoms with Crippen molar-refractivity contribution in [2.75, 3.05) is 6.61 Å². The number of hydrogen-bond donors (Lipinski definition) is 3. The van der Waals surface area contributed by atoms with Gasteiger partial charge in [0.25, 0.3) is 0 Å². The van der Waals surface area contributed by atoms with E-state index in [1.165, 1.54) is 122 Å². The van der Waals surface area contributed by atoms with Crippen LogP contribution in [0.2, 0.25) is 0 Å². The van der Waals surface area contributed by atoms with Crippen LogP contribution in [0, 0.1) is 0 Å². The Morgan fingerprint density at radius 3 is 1.29 bits per heavy atom. The van der Waals surface area contributed by atoms with Gasteiger partial charge in [0, 0.05) is 6.42 Å². The highest BCUT2D eigenvalue weighted by molar-refractivity contribution is 5.76. The topological polar surface area (TPSA) is 69.6 Å². The standard InChI is InChI=1S/C31H63NO3/c1-3-5-7-9-11-12-13-14-15-16-17-18-19-21-23-25-27-31(35)32-29(28-33)30(34)26-24-22-20-10-8-6-4-2/h29-30,33-34H,3-28H2,1-2H3,(H,32,35). The van der Waals surface area contributed by atoms with E-state index in [-0.39, 0.29) is 12.5 Å². The summed E-state index contributed by atoms with van der Waals surface area (Å²) >= 11 is 0. The van der Waals surface area contributed by atoms with E-state index in [0.29, 0.717) is 12.8 Å². The van der Waals surface area contributed by atoms with Crippen LogP contribution in [0.4, 0.5) is 0 Å². The van der Waals surface area contributed by atoms with Crippen molar-refractivity contribution in [1.29, 1.82) is 0 Å². The van der Waals surface area contributed by atoms with Crippen LogP contribution in [0.25, 0.3) is 0 Å². The number of aliphatic hydroxyl groups is 2. The first-order valence-corrected chi connectivity index (χ1v) is 15.7. The largest absolute Gasteiger partial charge is 0.394 e. The third kappa shape index (κ3) is 24.8. The molecule has 0 spiro atoms. The molecule has 0 aliphatic heterocycles. The Kier molecular flexibility index (Phi) is 27.5. The summed E-state index contributed by atoms with van der Waals surface area (Å²) in [7, 11) is 0. The molecule has 0 saturated heterocycles. The molecule has 1 amide bonds. The van der Waals surface area contributed by atoms with Crippen molar-refractivity contribution in [2.45, 2.75) is 187 Å². The molecule has 0 aromatic heterocycles. The van der Waals surface area contributed by atoms with E-state index in [4.69, 9.17) is 0 Å². The van der Waals surface area contributed by atoms with Crippen LogP contribution in [-0.2, 0) is 4.79 Å². The van der Waals surface area contributed by atoms with Gasteiger partial charge in [-0.3, -0.25) is 4.79 Å². The Labute approximate surface area is 219 Å². The molecule has 0 aromatic rings. The molecular weight excluding hydrogens is 434 g/mol. The van der Waals surface area contributed by atoms with E-state index in [1.807, 2.05) is 0 Å². The first kappa shape index (κ1) is 34.4. The Balaban J connectivity index is 3.50. The molecular formula is C31H63NO3. The first-order valence-electron chi connectivity index (χ1n) is 15.7. The van der Waals surface area contributed by atoms with E-state index in [0.717, 1.165) is 25.7 Å². The summed E-state index contributed by atoms with van der Waals surface area (Å²) in [6.07, 6.45) is 30.1. The zero-order chi connectivity index (χ0) is 25.8. The maximum Gasteiger partial charge on any atom is 0.220 e. The number of carbonyl (C=O) groups excluding carboxylic acids is 1. The van der Waals surface area contributed by atoms with Gasteiger partial charge in [0.2, 0.25) is 5.91 Å². The minimum atomic E-state index is -0.648. The van der Waals surface area contributed by atoms with Crippen molar-refractivity contribution in [1.82, 2.24) is 5.32 Å². The number of amides is 1. The number of rotatable bonds is 28. The lowest BCUT2D eigenvalue weighted by atomic mass is 10.0.